The number of nitrogens with zero attached hydrogens (tertiary/aromatic N) is 1. The molecule has 0 radical (unpaired) electrons. The van der Waals surface area contributed by atoms with Gasteiger partial charge in [0, 0.05) is 28.6 Å². The highest BCUT2D eigenvalue weighted by Crippen LogP contribution is 2.24. The molecule has 28 heavy (non-hydrogen) atoms. The zero-order valence-corrected chi connectivity index (χ0v) is 18.0. The second-order valence-electron chi connectivity index (χ2n) is 6.11. The predicted octanol–water partition coefficient (Wildman–Crippen LogP) is 3.68. The van der Waals surface area contributed by atoms with E-state index in [0.717, 1.165) is 10.6 Å². The first-order valence-corrected chi connectivity index (χ1v) is 11.9. The van der Waals surface area contributed by atoms with Crippen LogP contribution in [0.5, 0.6) is 0 Å². The number of thioether (sulfide) groups is 1. The standard InChI is InChI=1S/C19H22ClFN2O3S2/c1-14(23(28(2,25)26)15-7-4-3-5-8-15)19(24)22-11-12-27-13-16-17(20)9-6-10-18(16)21/h3-10,14H,11-13H2,1-2H3,(H,22,24)/t14-/m1/s1. The van der Waals surface area contributed by atoms with Gasteiger partial charge in [-0.1, -0.05) is 35.9 Å². The van der Waals surface area contributed by atoms with Crippen LogP contribution in [0.15, 0.2) is 48.5 Å². The summed E-state index contributed by atoms with van der Waals surface area (Å²) in [6, 6.07) is 12.1. The third-order valence-corrected chi connectivity index (χ3v) is 6.53. The van der Waals surface area contributed by atoms with Gasteiger partial charge in [-0.05, 0) is 31.2 Å². The Hall–Kier alpha value is -1.77. The van der Waals surface area contributed by atoms with E-state index >= 15 is 0 Å². The van der Waals surface area contributed by atoms with Gasteiger partial charge in [-0.2, -0.15) is 11.8 Å². The number of hydrogen-bond acceptors (Lipinski definition) is 4. The van der Waals surface area contributed by atoms with E-state index in [2.05, 4.69) is 5.32 Å². The number of nitrogens with one attached hydrogen (secondary N) is 1. The van der Waals surface area contributed by atoms with Crippen LogP contribution in [0.2, 0.25) is 5.02 Å². The predicted molar refractivity (Wildman–Crippen MR) is 114 cm³/mol. The van der Waals surface area contributed by atoms with E-state index in [1.165, 1.54) is 24.8 Å². The van der Waals surface area contributed by atoms with Crippen molar-refractivity contribution >= 4 is 45.0 Å². The lowest BCUT2D eigenvalue weighted by atomic mass is 10.2. The minimum Gasteiger partial charge on any atom is -0.353 e. The van der Waals surface area contributed by atoms with Crippen LogP contribution in [0, 0.1) is 5.82 Å². The molecule has 152 valence electrons. The first-order valence-electron chi connectivity index (χ1n) is 8.54. The first kappa shape index (κ1) is 22.5. The fourth-order valence-electron chi connectivity index (χ4n) is 2.62. The molecule has 1 atom stereocenters. The van der Waals surface area contributed by atoms with Gasteiger partial charge in [-0.25, -0.2) is 12.8 Å². The molecule has 2 aromatic carbocycles. The number of rotatable bonds is 9. The lowest BCUT2D eigenvalue weighted by Crippen LogP contribution is -2.48. The van der Waals surface area contributed by atoms with Crippen molar-refractivity contribution in [1.29, 1.82) is 0 Å². The molecule has 2 rings (SSSR count). The molecule has 0 bridgehead atoms. The van der Waals surface area contributed by atoms with Gasteiger partial charge in [0.05, 0.1) is 11.9 Å². The summed E-state index contributed by atoms with van der Waals surface area (Å²) < 4.78 is 39.2. The summed E-state index contributed by atoms with van der Waals surface area (Å²) in [6.07, 6.45) is 1.07. The molecule has 0 heterocycles. The van der Waals surface area contributed by atoms with Crippen LogP contribution in [-0.4, -0.2) is 38.9 Å². The highest BCUT2D eigenvalue weighted by atomic mass is 35.5. The monoisotopic (exact) mass is 444 g/mol. The molecule has 0 spiro atoms. The van der Waals surface area contributed by atoms with Crippen molar-refractivity contribution in [2.24, 2.45) is 0 Å². The molecule has 1 amide bonds. The minimum atomic E-state index is -3.63. The molecule has 0 unspecified atom stereocenters. The summed E-state index contributed by atoms with van der Waals surface area (Å²) in [6.45, 7) is 1.86. The quantitative estimate of drug-likeness (QED) is 0.599. The van der Waals surface area contributed by atoms with Crippen molar-refractivity contribution in [1.82, 2.24) is 5.32 Å². The zero-order chi connectivity index (χ0) is 20.7. The maximum Gasteiger partial charge on any atom is 0.243 e. The minimum absolute atomic E-state index is 0.326. The maximum atomic E-state index is 13.7. The molecule has 0 aromatic heterocycles. The lowest BCUT2D eigenvalue weighted by molar-refractivity contribution is -0.121. The summed E-state index contributed by atoms with van der Waals surface area (Å²) in [5.41, 5.74) is 0.859. The summed E-state index contributed by atoms with van der Waals surface area (Å²) in [7, 11) is -3.63. The number of carbonyl (C=O) groups excluding carboxylic acids is 1. The van der Waals surface area contributed by atoms with Crippen molar-refractivity contribution in [2.45, 2.75) is 18.7 Å². The van der Waals surface area contributed by atoms with Crippen molar-refractivity contribution in [3.05, 3.63) is 64.9 Å². The Balaban J connectivity index is 1.89. The van der Waals surface area contributed by atoms with Crippen molar-refractivity contribution in [2.75, 3.05) is 22.9 Å². The Labute approximate surface area is 174 Å². The van der Waals surface area contributed by atoms with Crippen LogP contribution in [0.4, 0.5) is 10.1 Å². The van der Waals surface area contributed by atoms with E-state index in [0.29, 0.717) is 34.3 Å². The third kappa shape index (κ3) is 6.12. The molecule has 0 saturated carbocycles. The lowest BCUT2D eigenvalue weighted by Gasteiger charge is -2.28. The van der Waals surface area contributed by atoms with Crippen molar-refractivity contribution in [3.8, 4) is 0 Å². The van der Waals surface area contributed by atoms with Gasteiger partial charge in [0.1, 0.15) is 11.9 Å². The number of benzene rings is 2. The maximum absolute atomic E-state index is 13.7. The molecule has 0 fully saturated rings. The molecular formula is C19H22ClFN2O3S2. The molecule has 5 nitrogen and oxygen atoms in total. The van der Waals surface area contributed by atoms with Crippen LogP contribution < -0.4 is 9.62 Å². The summed E-state index contributed by atoms with van der Waals surface area (Å²) >= 11 is 7.41. The van der Waals surface area contributed by atoms with Gasteiger partial charge in [-0.15, -0.1) is 0 Å². The van der Waals surface area contributed by atoms with Crippen LogP contribution in [-0.2, 0) is 20.6 Å². The van der Waals surface area contributed by atoms with E-state index in [4.69, 9.17) is 11.6 Å². The van der Waals surface area contributed by atoms with Gasteiger partial charge < -0.3 is 5.32 Å². The van der Waals surface area contributed by atoms with Crippen LogP contribution >= 0.6 is 23.4 Å². The number of sulfonamides is 1. The Kier molecular flexibility index (Phi) is 8.15. The number of para-hydroxylation sites is 1. The van der Waals surface area contributed by atoms with Gasteiger partial charge >= 0.3 is 0 Å². The van der Waals surface area contributed by atoms with Crippen molar-refractivity contribution in [3.63, 3.8) is 0 Å². The third-order valence-electron chi connectivity index (χ3n) is 3.95. The number of carbonyl (C=O) groups is 1. The molecule has 1 N–H and O–H groups in total. The number of anilines is 1. The smallest absolute Gasteiger partial charge is 0.243 e. The summed E-state index contributed by atoms with van der Waals surface area (Å²) in [5.74, 6) is 0.159. The van der Waals surface area contributed by atoms with Gasteiger partial charge in [0.2, 0.25) is 15.9 Å². The largest absolute Gasteiger partial charge is 0.353 e. The highest BCUT2D eigenvalue weighted by molar-refractivity contribution is 7.98. The SMILES string of the molecule is C[C@H](C(=O)NCCSCc1c(F)cccc1Cl)N(c1ccccc1)S(C)(=O)=O. The fraction of sp³-hybridized carbons (Fsp3) is 0.316. The topological polar surface area (TPSA) is 66.5 Å². The Morgan fingerprint density at radius 2 is 1.89 bits per heavy atom. The molecule has 2 aromatic rings. The zero-order valence-electron chi connectivity index (χ0n) is 15.6. The molecule has 0 aliphatic carbocycles. The molecule has 0 aliphatic rings. The Morgan fingerprint density at radius 3 is 2.50 bits per heavy atom. The van der Waals surface area contributed by atoms with Gasteiger partial charge in [-0.3, -0.25) is 9.10 Å². The second kappa shape index (κ2) is 10.1. The summed E-state index contributed by atoms with van der Waals surface area (Å²) in [5, 5.41) is 3.10. The molecule has 0 saturated heterocycles. The number of hydrogen-bond donors (Lipinski definition) is 1. The first-order chi connectivity index (χ1) is 13.2. The Morgan fingerprint density at radius 1 is 1.21 bits per heavy atom. The second-order valence-corrected chi connectivity index (χ2v) is 9.49. The van der Waals surface area contributed by atoms with Crippen molar-refractivity contribution < 1.29 is 17.6 Å². The van der Waals surface area contributed by atoms with E-state index < -0.39 is 22.0 Å². The van der Waals surface area contributed by atoms with Crippen LogP contribution in [0.3, 0.4) is 0 Å². The summed E-state index contributed by atoms with van der Waals surface area (Å²) in [4.78, 5) is 12.4. The molecule has 9 heteroatoms. The van der Waals surface area contributed by atoms with E-state index in [1.54, 1.807) is 42.5 Å². The van der Waals surface area contributed by atoms with E-state index in [1.807, 2.05) is 0 Å². The highest BCUT2D eigenvalue weighted by Gasteiger charge is 2.28. The normalized spacial score (nSPS) is 12.4. The average Bonchev–Trinajstić information content (AvgIpc) is 2.63. The van der Waals surface area contributed by atoms with Gasteiger partial charge in [0.25, 0.3) is 0 Å². The number of amides is 1. The average molecular weight is 445 g/mol. The van der Waals surface area contributed by atoms with Gasteiger partial charge in [0.15, 0.2) is 0 Å². The van der Waals surface area contributed by atoms with Crippen LogP contribution in [0.1, 0.15) is 12.5 Å². The molecule has 0 aliphatic heterocycles. The van der Waals surface area contributed by atoms with Crippen LogP contribution in [0.25, 0.3) is 0 Å². The number of halogens is 2. The Bertz CT molecular complexity index is 890. The fourth-order valence-corrected chi connectivity index (χ4v) is 4.99. The van der Waals surface area contributed by atoms with E-state index in [-0.39, 0.29) is 5.82 Å². The van der Waals surface area contributed by atoms with E-state index in [9.17, 15) is 17.6 Å². The molecular weight excluding hydrogens is 423 g/mol.